The molecular weight excluding hydrogens is 172 g/mol. The van der Waals surface area contributed by atoms with E-state index < -0.39 is 0 Å². The second kappa shape index (κ2) is 3.82. The van der Waals surface area contributed by atoms with Gasteiger partial charge in [0.1, 0.15) is 0 Å². The molecule has 4 N–H and O–H groups in total. The highest BCUT2D eigenvalue weighted by Gasteiger charge is 2.61. The van der Waals surface area contributed by atoms with Crippen molar-refractivity contribution in [2.45, 2.75) is 65.5 Å². The monoisotopic (exact) mass is 198 g/mol. The molecule has 0 atom stereocenters. The summed E-state index contributed by atoms with van der Waals surface area (Å²) in [5.41, 5.74) is 13.0. The molecule has 84 valence electrons. The summed E-state index contributed by atoms with van der Waals surface area (Å²) in [4.78, 5) is 0. The molecule has 0 spiro atoms. The van der Waals surface area contributed by atoms with Gasteiger partial charge in [-0.1, -0.05) is 40.5 Å². The molecule has 1 aliphatic rings. The predicted octanol–water partition coefficient (Wildman–Crippen LogP) is 2.27. The molecule has 1 fully saturated rings. The molecule has 0 heterocycles. The quantitative estimate of drug-likeness (QED) is 0.728. The van der Waals surface area contributed by atoms with Crippen molar-refractivity contribution in [2.24, 2.45) is 22.3 Å². The fourth-order valence-electron chi connectivity index (χ4n) is 3.50. The van der Waals surface area contributed by atoms with E-state index in [1.165, 1.54) is 12.8 Å². The van der Waals surface area contributed by atoms with Crippen LogP contribution in [0.2, 0.25) is 0 Å². The Morgan fingerprint density at radius 3 is 1.36 bits per heavy atom. The van der Waals surface area contributed by atoms with Crippen molar-refractivity contribution in [3.8, 4) is 0 Å². The van der Waals surface area contributed by atoms with Crippen molar-refractivity contribution in [1.29, 1.82) is 0 Å². The van der Waals surface area contributed by atoms with Gasteiger partial charge in [-0.15, -0.1) is 0 Å². The minimum Gasteiger partial charge on any atom is -0.327 e. The van der Waals surface area contributed by atoms with Gasteiger partial charge in [-0.05, 0) is 23.7 Å². The van der Waals surface area contributed by atoms with E-state index in [4.69, 9.17) is 11.5 Å². The molecule has 0 aromatic rings. The summed E-state index contributed by atoms with van der Waals surface area (Å²) in [5, 5.41) is 0. The number of rotatable bonds is 4. The first-order valence-corrected chi connectivity index (χ1v) is 5.94. The molecule has 0 saturated heterocycles. The Hall–Kier alpha value is -0.0800. The molecule has 0 unspecified atom stereocenters. The molecule has 1 aliphatic carbocycles. The lowest BCUT2D eigenvalue weighted by atomic mass is 9.45. The van der Waals surface area contributed by atoms with E-state index in [0.29, 0.717) is 0 Å². The topological polar surface area (TPSA) is 52.0 Å². The van der Waals surface area contributed by atoms with Crippen molar-refractivity contribution in [2.75, 3.05) is 0 Å². The highest BCUT2D eigenvalue weighted by molar-refractivity contribution is 5.17. The highest BCUT2D eigenvalue weighted by Crippen LogP contribution is 2.56. The van der Waals surface area contributed by atoms with Gasteiger partial charge < -0.3 is 11.5 Å². The lowest BCUT2D eigenvalue weighted by Gasteiger charge is -2.64. The van der Waals surface area contributed by atoms with Crippen LogP contribution in [-0.2, 0) is 0 Å². The lowest BCUT2D eigenvalue weighted by molar-refractivity contribution is -0.0881. The van der Waals surface area contributed by atoms with Gasteiger partial charge in [-0.3, -0.25) is 0 Å². The van der Waals surface area contributed by atoms with Crippen LogP contribution >= 0.6 is 0 Å². The first kappa shape index (κ1) is 12.0. The van der Waals surface area contributed by atoms with Gasteiger partial charge in [0.2, 0.25) is 0 Å². The molecule has 0 bridgehead atoms. The van der Waals surface area contributed by atoms with E-state index in [2.05, 4.69) is 27.7 Å². The first-order chi connectivity index (χ1) is 6.43. The molecule has 0 aromatic carbocycles. The minimum absolute atomic E-state index is 0.179. The van der Waals surface area contributed by atoms with Crippen LogP contribution in [0.1, 0.15) is 53.4 Å². The zero-order valence-corrected chi connectivity index (χ0v) is 10.1. The van der Waals surface area contributed by atoms with Gasteiger partial charge in [0, 0.05) is 12.1 Å². The average Bonchev–Trinajstić information content (AvgIpc) is 2.16. The van der Waals surface area contributed by atoms with Gasteiger partial charge in [0.05, 0.1) is 0 Å². The molecule has 0 radical (unpaired) electrons. The lowest BCUT2D eigenvalue weighted by Crippen LogP contribution is -2.76. The molecule has 0 aromatic heterocycles. The Balaban J connectivity index is 2.73. The minimum atomic E-state index is 0.179. The van der Waals surface area contributed by atoms with Crippen molar-refractivity contribution >= 4 is 0 Å². The predicted molar refractivity (Wildman–Crippen MR) is 62.0 cm³/mol. The van der Waals surface area contributed by atoms with Crippen LogP contribution in [-0.4, -0.2) is 12.1 Å². The van der Waals surface area contributed by atoms with Gasteiger partial charge >= 0.3 is 0 Å². The molecule has 0 amide bonds. The molecule has 2 nitrogen and oxygen atoms in total. The summed E-state index contributed by atoms with van der Waals surface area (Å²) < 4.78 is 0. The first-order valence-electron chi connectivity index (χ1n) is 5.94. The van der Waals surface area contributed by atoms with Crippen molar-refractivity contribution in [1.82, 2.24) is 0 Å². The standard InChI is InChI=1S/C12H26N2/c1-5-7-11(3)9(13)12(4,8-6-2)10(11)14/h9-10H,5-8,13-14H2,1-4H3. The summed E-state index contributed by atoms with van der Waals surface area (Å²) in [7, 11) is 0. The molecule has 0 aliphatic heterocycles. The Morgan fingerprint density at radius 1 is 0.857 bits per heavy atom. The van der Waals surface area contributed by atoms with Crippen LogP contribution in [0.5, 0.6) is 0 Å². The largest absolute Gasteiger partial charge is 0.327 e. The highest BCUT2D eigenvalue weighted by atomic mass is 14.9. The molecule has 2 heteroatoms. The summed E-state index contributed by atoms with van der Waals surface area (Å²) >= 11 is 0. The fourth-order valence-corrected chi connectivity index (χ4v) is 3.50. The third kappa shape index (κ3) is 1.40. The summed E-state index contributed by atoms with van der Waals surface area (Å²) in [6.07, 6.45) is 4.68. The summed E-state index contributed by atoms with van der Waals surface area (Å²) in [6, 6.07) is 0.565. The van der Waals surface area contributed by atoms with E-state index >= 15 is 0 Å². The maximum Gasteiger partial charge on any atom is 0.0177 e. The van der Waals surface area contributed by atoms with Crippen LogP contribution < -0.4 is 11.5 Å². The average molecular weight is 198 g/mol. The van der Waals surface area contributed by atoms with Gasteiger partial charge in [0.25, 0.3) is 0 Å². The zero-order valence-electron chi connectivity index (χ0n) is 10.1. The van der Waals surface area contributed by atoms with Crippen LogP contribution in [0.3, 0.4) is 0 Å². The zero-order chi connectivity index (χ0) is 11.0. The maximum absolute atomic E-state index is 6.32. The van der Waals surface area contributed by atoms with E-state index in [9.17, 15) is 0 Å². The Labute approximate surface area is 88.4 Å². The van der Waals surface area contributed by atoms with Crippen LogP contribution in [0.15, 0.2) is 0 Å². The van der Waals surface area contributed by atoms with Gasteiger partial charge in [0.15, 0.2) is 0 Å². The second-order valence-electron chi connectivity index (χ2n) is 5.47. The van der Waals surface area contributed by atoms with Crippen molar-refractivity contribution < 1.29 is 0 Å². The van der Waals surface area contributed by atoms with Gasteiger partial charge in [-0.25, -0.2) is 0 Å². The SMILES string of the molecule is CCCC1(C)C(N)C(C)(CCC)C1N. The Morgan fingerprint density at radius 2 is 1.14 bits per heavy atom. The third-order valence-corrected chi connectivity index (χ3v) is 4.42. The molecule has 14 heavy (non-hydrogen) atoms. The van der Waals surface area contributed by atoms with E-state index in [-0.39, 0.29) is 22.9 Å². The number of nitrogens with two attached hydrogens (primary N) is 2. The molecule has 1 saturated carbocycles. The normalized spacial score (nSPS) is 47.6. The van der Waals surface area contributed by atoms with Gasteiger partial charge in [-0.2, -0.15) is 0 Å². The van der Waals surface area contributed by atoms with E-state index in [1.807, 2.05) is 0 Å². The summed E-state index contributed by atoms with van der Waals surface area (Å²) in [6.45, 7) is 8.92. The Bertz CT molecular complexity index is 170. The fraction of sp³-hybridized carbons (Fsp3) is 1.00. The van der Waals surface area contributed by atoms with Crippen LogP contribution in [0.25, 0.3) is 0 Å². The number of hydrogen-bond donors (Lipinski definition) is 2. The Kier molecular flexibility index (Phi) is 3.27. The smallest absolute Gasteiger partial charge is 0.0177 e. The third-order valence-electron chi connectivity index (χ3n) is 4.42. The van der Waals surface area contributed by atoms with Crippen LogP contribution in [0.4, 0.5) is 0 Å². The second-order valence-corrected chi connectivity index (χ2v) is 5.47. The molecule has 1 rings (SSSR count). The summed E-state index contributed by atoms with van der Waals surface area (Å²) in [5.74, 6) is 0. The van der Waals surface area contributed by atoms with Crippen LogP contribution in [0, 0.1) is 10.8 Å². The maximum atomic E-state index is 6.32. The van der Waals surface area contributed by atoms with E-state index in [1.54, 1.807) is 0 Å². The number of hydrogen-bond acceptors (Lipinski definition) is 2. The van der Waals surface area contributed by atoms with Crippen molar-refractivity contribution in [3.63, 3.8) is 0 Å². The van der Waals surface area contributed by atoms with E-state index in [0.717, 1.165) is 12.8 Å². The molecular formula is C12H26N2. The van der Waals surface area contributed by atoms with Crippen molar-refractivity contribution in [3.05, 3.63) is 0 Å².